The number of carbonyl (C=O) groups excluding carboxylic acids is 3. The summed E-state index contributed by atoms with van der Waals surface area (Å²) in [4.78, 5) is 41.3. The van der Waals surface area contributed by atoms with Gasteiger partial charge in [0.05, 0.1) is 11.6 Å². The monoisotopic (exact) mass is 429 g/mol. The molecule has 3 heterocycles. The molecule has 2 atom stereocenters. The molecule has 0 bridgehead atoms. The molecule has 2 saturated heterocycles. The summed E-state index contributed by atoms with van der Waals surface area (Å²) >= 11 is 0. The van der Waals surface area contributed by atoms with Crippen LogP contribution in [0.4, 0.5) is 4.79 Å². The van der Waals surface area contributed by atoms with Gasteiger partial charge >= 0.3 is 6.03 Å². The zero-order valence-corrected chi connectivity index (χ0v) is 17.6. The van der Waals surface area contributed by atoms with Gasteiger partial charge in [0.25, 0.3) is 11.8 Å². The van der Waals surface area contributed by atoms with Gasteiger partial charge < -0.3 is 16.0 Å². The van der Waals surface area contributed by atoms with E-state index in [1.165, 1.54) is 5.56 Å². The Balaban J connectivity index is 1.32. The zero-order chi connectivity index (χ0) is 22.3. The van der Waals surface area contributed by atoms with Gasteiger partial charge in [-0.15, -0.1) is 0 Å². The Hall–Kier alpha value is -3.78. The largest absolute Gasteiger partial charge is 0.345 e. The lowest BCUT2D eigenvalue weighted by Gasteiger charge is -2.27. The van der Waals surface area contributed by atoms with E-state index in [1.807, 2.05) is 37.3 Å². The summed E-state index contributed by atoms with van der Waals surface area (Å²) in [5.74, 6) is -0.711. The number of benzene rings is 2. The lowest BCUT2D eigenvalue weighted by atomic mass is 9.93. The third kappa shape index (κ3) is 3.48. The fourth-order valence-electron chi connectivity index (χ4n) is 4.54. The average Bonchev–Trinajstić information content (AvgIpc) is 3.30. The molecule has 3 aromatic rings. The van der Waals surface area contributed by atoms with Gasteiger partial charge in [-0.3, -0.25) is 19.9 Å². The van der Waals surface area contributed by atoms with Crippen molar-refractivity contribution in [3.8, 4) is 0 Å². The van der Waals surface area contributed by atoms with Crippen molar-refractivity contribution in [2.75, 3.05) is 13.1 Å². The third-order valence-corrected chi connectivity index (χ3v) is 6.16. The first-order chi connectivity index (χ1) is 15.4. The summed E-state index contributed by atoms with van der Waals surface area (Å²) in [6.45, 7) is 2.65. The summed E-state index contributed by atoms with van der Waals surface area (Å²) in [6, 6.07) is 16.5. The summed E-state index contributed by atoms with van der Waals surface area (Å²) in [6.07, 6.45) is 0.730. The lowest BCUT2D eigenvalue weighted by Crippen LogP contribution is -2.62. The van der Waals surface area contributed by atoms with Gasteiger partial charge in [0.1, 0.15) is 0 Å². The highest BCUT2D eigenvalue weighted by Gasteiger charge is 2.55. The second kappa shape index (κ2) is 7.72. The standard InChI is InChI=1S/C24H23N5O3/c1-14-10-17(18-4-2-3-5-19(18)26-14)11-15-6-8-16(9-7-15)21(30)27-20-12-25-13-24(20)22(31)28-23(32)29-24/h2-10,20,25H,11-13H2,1H3,(H,27,30)(H2,28,29,31,32). The molecule has 2 unspecified atom stereocenters. The normalized spacial score (nSPS) is 22.2. The number of fused-ring (bicyclic) bond motifs is 1. The quantitative estimate of drug-likeness (QED) is 0.469. The molecule has 32 heavy (non-hydrogen) atoms. The number of amides is 4. The van der Waals surface area contributed by atoms with Crippen LogP contribution in [0.15, 0.2) is 54.6 Å². The van der Waals surface area contributed by atoms with E-state index in [2.05, 4.69) is 38.4 Å². The number of nitrogens with zero attached hydrogens (tertiary/aromatic N) is 1. The number of nitrogens with one attached hydrogen (secondary N) is 4. The van der Waals surface area contributed by atoms with Crippen LogP contribution in [0.1, 0.15) is 27.2 Å². The number of para-hydroxylation sites is 1. The molecule has 162 valence electrons. The number of hydrogen-bond donors (Lipinski definition) is 4. The summed E-state index contributed by atoms with van der Waals surface area (Å²) < 4.78 is 0. The van der Waals surface area contributed by atoms with Crippen molar-refractivity contribution in [2.24, 2.45) is 0 Å². The summed E-state index contributed by atoms with van der Waals surface area (Å²) in [7, 11) is 0. The van der Waals surface area contributed by atoms with Gasteiger partial charge in [0.2, 0.25) is 0 Å². The number of aryl methyl sites for hydroxylation is 1. The van der Waals surface area contributed by atoms with E-state index in [4.69, 9.17) is 0 Å². The van der Waals surface area contributed by atoms with Crippen LogP contribution in [0.2, 0.25) is 0 Å². The Bertz CT molecular complexity index is 1240. The van der Waals surface area contributed by atoms with Crippen LogP contribution in [0.3, 0.4) is 0 Å². The van der Waals surface area contributed by atoms with Crippen LogP contribution in [0.5, 0.6) is 0 Å². The van der Waals surface area contributed by atoms with Gasteiger partial charge in [0.15, 0.2) is 5.54 Å². The second-order valence-electron chi connectivity index (χ2n) is 8.35. The molecule has 2 aromatic carbocycles. The van der Waals surface area contributed by atoms with Crippen LogP contribution in [-0.2, 0) is 11.2 Å². The molecule has 1 aromatic heterocycles. The number of aromatic nitrogens is 1. The van der Waals surface area contributed by atoms with Gasteiger partial charge in [-0.25, -0.2) is 4.79 Å². The fourth-order valence-corrected chi connectivity index (χ4v) is 4.54. The summed E-state index contributed by atoms with van der Waals surface area (Å²) in [5, 5.41) is 12.0. The number of urea groups is 1. The minimum absolute atomic E-state index is 0.272. The molecule has 4 amide bonds. The van der Waals surface area contributed by atoms with Crippen LogP contribution in [0, 0.1) is 6.92 Å². The zero-order valence-electron chi connectivity index (χ0n) is 17.6. The number of hydrogen-bond acceptors (Lipinski definition) is 5. The molecule has 5 rings (SSSR count). The molecule has 8 nitrogen and oxygen atoms in total. The van der Waals surface area contributed by atoms with E-state index in [-0.39, 0.29) is 12.5 Å². The van der Waals surface area contributed by atoms with Gasteiger partial charge in [-0.2, -0.15) is 0 Å². The first-order valence-corrected chi connectivity index (χ1v) is 10.5. The molecular formula is C24H23N5O3. The predicted octanol–water partition coefficient (Wildman–Crippen LogP) is 1.41. The Morgan fingerprint density at radius 2 is 1.94 bits per heavy atom. The Morgan fingerprint density at radius 1 is 1.16 bits per heavy atom. The highest BCUT2D eigenvalue weighted by atomic mass is 16.2. The molecular weight excluding hydrogens is 406 g/mol. The smallest absolute Gasteiger partial charge is 0.322 e. The molecule has 8 heteroatoms. The lowest BCUT2D eigenvalue weighted by molar-refractivity contribution is -0.123. The number of pyridine rings is 1. The van der Waals surface area contributed by atoms with Gasteiger partial charge in [-0.05, 0) is 48.7 Å². The van der Waals surface area contributed by atoms with Crippen LogP contribution < -0.4 is 21.3 Å². The SMILES string of the molecule is Cc1cc(Cc2ccc(C(=O)NC3CNCC34NC(=O)NC4=O)cc2)c2ccccc2n1. The third-order valence-electron chi connectivity index (χ3n) is 6.16. The topological polar surface area (TPSA) is 112 Å². The number of rotatable bonds is 4. The van der Waals surface area contributed by atoms with E-state index in [1.54, 1.807) is 12.1 Å². The first kappa shape index (κ1) is 20.1. The van der Waals surface area contributed by atoms with Crippen molar-refractivity contribution >= 4 is 28.7 Å². The van der Waals surface area contributed by atoms with E-state index < -0.39 is 23.5 Å². The van der Waals surface area contributed by atoms with Crippen molar-refractivity contribution in [1.29, 1.82) is 0 Å². The maximum Gasteiger partial charge on any atom is 0.322 e. The van der Waals surface area contributed by atoms with Crippen molar-refractivity contribution in [3.05, 3.63) is 77.0 Å². The maximum atomic E-state index is 12.8. The molecule has 2 aliphatic rings. The molecule has 2 aliphatic heterocycles. The Labute approximate surface area is 184 Å². The van der Waals surface area contributed by atoms with Crippen LogP contribution in [0.25, 0.3) is 10.9 Å². The molecule has 0 aliphatic carbocycles. The van der Waals surface area contributed by atoms with E-state index in [0.29, 0.717) is 12.1 Å². The highest BCUT2D eigenvalue weighted by Crippen LogP contribution is 2.22. The van der Waals surface area contributed by atoms with E-state index in [0.717, 1.165) is 28.6 Å². The molecule has 0 saturated carbocycles. The first-order valence-electron chi connectivity index (χ1n) is 10.5. The highest BCUT2D eigenvalue weighted by molar-refractivity contribution is 6.08. The molecule has 4 N–H and O–H groups in total. The maximum absolute atomic E-state index is 12.8. The van der Waals surface area contributed by atoms with Crippen LogP contribution >= 0.6 is 0 Å². The van der Waals surface area contributed by atoms with Gasteiger partial charge in [0, 0.05) is 29.7 Å². The van der Waals surface area contributed by atoms with Crippen molar-refractivity contribution in [2.45, 2.75) is 24.9 Å². The van der Waals surface area contributed by atoms with Crippen molar-refractivity contribution < 1.29 is 14.4 Å². The number of carbonyl (C=O) groups is 3. The summed E-state index contributed by atoms with van der Waals surface area (Å²) in [5.41, 5.74) is 3.56. The van der Waals surface area contributed by atoms with Crippen molar-refractivity contribution in [1.82, 2.24) is 26.3 Å². The van der Waals surface area contributed by atoms with Gasteiger partial charge in [-0.1, -0.05) is 30.3 Å². The van der Waals surface area contributed by atoms with E-state index in [9.17, 15) is 14.4 Å². The minimum Gasteiger partial charge on any atom is -0.345 e. The predicted molar refractivity (Wildman–Crippen MR) is 119 cm³/mol. The molecule has 0 radical (unpaired) electrons. The van der Waals surface area contributed by atoms with Crippen molar-refractivity contribution in [3.63, 3.8) is 0 Å². The molecule has 1 spiro atoms. The average molecular weight is 429 g/mol. The number of imide groups is 1. The Kier molecular flexibility index (Phi) is 4.86. The fraction of sp³-hybridized carbons (Fsp3) is 0.250. The van der Waals surface area contributed by atoms with Crippen LogP contribution in [-0.4, -0.2) is 47.5 Å². The molecule has 2 fully saturated rings. The van der Waals surface area contributed by atoms with E-state index >= 15 is 0 Å². The minimum atomic E-state index is -1.15. The second-order valence-corrected chi connectivity index (χ2v) is 8.35. The Morgan fingerprint density at radius 3 is 2.69 bits per heavy atom.